The van der Waals surface area contributed by atoms with E-state index in [1.54, 1.807) is 35.0 Å². The Morgan fingerprint density at radius 2 is 1.72 bits per heavy atom. The number of nitrogens with one attached hydrogen (secondary N) is 2. The summed E-state index contributed by atoms with van der Waals surface area (Å²) in [6, 6.07) is 14.7. The maximum atomic E-state index is 16.1. The van der Waals surface area contributed by atoms with Crippen LogP contribution in [-0.4, -0.2) is 113 Å². The van der Waals surface area contributed by atoms with Crippen LogP contribution in [0.5, 0.6) is 0 Å². The maximum absolute atomic E-state index is 16.1. The molecule has 5 aliphatic heterocycles. The van der Waals surface area contributed by atoms with Crippen molar-refractivity contribution in [3.8, 4) is 5.69 Å². The lowest BCUT2D eigenvalue weighted by atomic mass is 9.83. The second kappa shape index (κ2) is 20.0. The minimum atomic E-state index is -0.765. The van der Waals surface area contributed by atoms with Crippen LogP contribution in [0.25, 0.3) is 17.3 Å². The number of nitrogens with zero attached hydrogens (tertiary/aromatic N) is 6. The second-order valence-electron chi connectivity index (χ2n) is 22.0. The average Bonchev–Trinajstić information content (AvgIpc) is 3.69. The van der Waals surface area contributed by atoms with Crippen LogP contribution in [0.4, 0.5) is 15.8 Å². The zero-order chi connectivity index (χ0) is 50.6. The minimum Gasteiger partial charge on any atom is -0.388 e. The molecule has 0 bridgehead atoms. The van der Waals surface area contributed by atoms with Crippen molar-refractivity contribution in [3.63, 3.8) is 0 Å². The third-order valence-electron chi connectivity index (χ3n) is 16.9. The van der Waals surface area contributed by atoms with Gasteiger partial charge >= 0.3 is 0 Å². The summed E-state index contributed by atoms with van der Waals surface area (Å²) >= 11 is 0. The molecule has 10 rings (SSSR count). The number of fused-ring (bicyclic) bond motifs is 2. The van der Waals surface area contributed by atoms with E-state index in [-0.39, 0.29) is 41.4 Å². The maximum Gasteiger partial charge on any atom is 0.257 e. The van der Waals surface area contributed by atoms with Crippen molar-refractivity contribution in [1.29, 1.82) is 0 Å². The van der Waals surface area contributed by atoms with Crippen LogP contribution in [0.3, 0.4) is 0 Å². The average molecular weight is 977 g/mol. The van der Waals surface area contributed by atoms with Crippen LogP contribution < -0.4 is 21.1 Å². The highest BCUT2D eigenvalue weighted by molar-refractivity contribution is 6.13. The SMILES string of the molecule is CNc1ccn(-c2ccnc3c2C=C(CN2CC=C(c4c(C)cc(C(=O)N5CCC(CN6CCCC(Cc7ccc8c(c7)C(C)(C)C(=O)N8C7CCC(=O)NC7=O)C[C@@H]6C)CC5)cc4F)CC2)C3C)c(=O)c1. The van der Waals surface area contributed by atoms with Crippen LogP contribution >= 0.6 is 0 Å². The highest BCUT2D eigenvalue weighted by Gasteiger charge is 2.49. The van der Waals surface area contributed by atoms with Gasteiger partial charge in [0.15, 0.2) is 0 Å². The summed E-state index contributed by atoms with van der Waals surface area (Å²) in [5, 5.41) is 5.45. The zero-order valence-electron chi connectivity index (χ0n) is 42.7. The number of anilines is 2. The Morgan fingerprint density at radius 1 is 0.917 bits per heavy atom. The molecule has 2 aromatic heterocycles. The smallest absolute Gasteiger partial charge is 0.257 e. The van der Waals surface area contributed by atoms with Crippen molar-refractivity contribution in [3.05, 3.63) is 128 Å². The van der Waals surface area contributed by atoms with Gasteiger partial charge in [0, 0.05) is 111 Å². The molecule has 0 spiro atoms. The minimum absolute atomic E-state index is 0.0998. The normalized spacial score (nSPS) is 23.8. The lowest BCUT2D eigenvalue weighted by Gasteiger charge is -2.37. The van der Waals surface area contributed by atoms with Gasteiger partial charge in [-0.05, 0) is 162 Å². The fourth-order valence-corrected chi connectivity index (χ4v) is 12.7. The number of piperidine rings is 2. The molecule has 3 saturated heterocycles. The van der Waals surface area contributed by atoms with E-state index in [2.05, 4.69) is 58.6 Å². The summed E-state index contributed by atoms with van der Waals surface area (Å²) in [4.78, 5) is 78.6. The molecular formula is C58H69FN8O5. The molecular weight excluding hydrogens is 908 g/mol. The number of aryl methyl sites for hydroxylation is 1. The van der Waals surface area contributed by atoms with Crippen molar-refractivity contribution in [2.24, 2.45) is 11.8 Å². The number of hydrogen-bond acceptors (Lipinski definition) is 9. The van der Waals surface area contributed by atoms with Gasteiger partial charge in [0.1, 0.15) is 11.9 Å². The van der Waals surface area contributed by atoms with Gasteiger partial charge in [-0.1, -0.05) is 25.1 Å². The van der Waals surface area contributed by atoms with Gasteiger partial charge in [0.25, 0.3) is 11.5 Å². The molecule has 0 radical (unpaired) electrons. The van der Waals surface area contributed by atoms with E-state index in [4.69, 9.17) is 4.98 Å². The molecule has 0 saturated carbocycles. The molecule has 72 heavy (non-hydrogen) atoms. The van der Waals surface area contributed by atoms with Crippen LogP contribution in [0.2, 0.25) is 0 Å². The second-order valence-corrected chi connectivity index (χ2v) is 22.0. The number of carbonyl (C=O) groups excluding carboxylic acids is 4. The highest BCUT2D eigenvalue weighted by Crippen LogP contribution is 2.45. The van der Waals surface area contributed by atoms with Gasteiger partial charge < -0.3 is 15.1 Å². The Bertz CT molecular complexity index is 2930. The van der Waals surface area contributed by atoms with Crippen molar-refractivity contribution >= 4 is 46.7 Å². The predicted molar refractivity (Wildman–Crippen MR) is 280 cm³/mol. The summed E-state index contributed by atoms with van der Waals surface area (Å²) < 4.78 is 17.8. The number of pyridine rings is 2. The molecule has 4 aromatic rings. The first kappa shape index (κ1) is 49.3. The van der Waals surface area contributed by atoms with Gasteiger partial charge in [0.05, 0.1) is 16.8 Å². The van der Waals surface area contributed by atoms with Crippen LogP contribution in [0.1, 0.15) is 129 Å². The monoisotopic (exact) mass is 977 g/mol. The molecule has 378 valence electrons. The Kier molecular flexibility index (Phi) is 13.7. The number of amides is 4. The first-order chi connectivity index (χ1) is 34.6. The number of aromatic nitrogens is 2. The Labute approximate surface area is 422 Å². The molecule has 13 nitrogen and oxygen atoms in total. The number of hydrogen-bond donors (Lipinski definition) is 2. The van der Waals surface area contributed by atoms with E-state index in [0.717, 1.165) is 110 Å². The van der Waals surface area contributed by atoms with Gasteiger partial charge in [-0.15, -0.1) is 0 Å². The molecule has 1 aliphatic carbocycles. The summed E-state index contributed by atoms with van der Waals surface area (Å²) in [6.45, 7) is 15.9. The number of halogens is 1. The summed E-state index contributed by atoms with van der Waals surface area (Å²) in [5.74, 6) is -0.137. The Balaban J connectivity index is 0.710. The van der Waals surface area contributed by atoms with E-state index in [1.165, 1.54) is 17.2 Å². The molecule has 2 N–H and O–H groups in total. The third-order valence-corrected chi connectivity index (χ3v) is 16.9. The lowest BCUT2D eigenvalue weighted by molar-refractivity contribution is -0.136. The standard InChI is InChI=1S/C58H69FN8O5/c1-35-26-42(31-47(59)53(35)41-16-21-63(22-17-41)34-43-30-45-48(13-19-61-54(45)37(43)3)66-25-18-44(60-6)32-52(66)69)56(71)64-23-14-38(15-24-64)33-65-20-7-8-39(27-36(65)2)28-40-9-10-49-46(29-40)58(4,5)57(72)67(49)50-11-12-51(68)62-55(50)70/h9-10,13,16,18-19,25-26,29-32,36-39,50,60H,7-8,11-12,14-15,17,20-24,27-28,33-34H2,1-6H3,(H,62,68,70)/t36-,37?,39?,50?/m0/s1. The molecule has 6 aliphatic rings. The number of likely N-dealkylation sites (tertiary alicyclic amines) is 2. The van der Waals surface area contributed by atoms with Crippen molar-refractivity contribution < 1.29 is 23.6 Å². The highest BCUT2D eigenvalue weighted by atomic mass is 19.1. The molecule has 4 amide bonds. The molecule has 7 heterocycles. The van der Waals surface area contributed by atoms with Crippen molar-refractivity contribution in [2.75, 3.05) is 63.1 Å². The first-order valence-electron chi connectivity index (χ1n) is 26.2. The largest absolute Gasteiger partial charge is 0.388 e. The Morgan fingerprint density at radius 3 is 2.44 bits per heavy atom. The number of carbonyl (C=O) groups is 4. The van der Waals surface area contributed by atoms with Crippen LogP contribution in [0.15, 0.2) is 77.4 Å². The van der Waals surface area contributed by atoms with Crippen LogP contribution in [-0.2, 0) is 26.2 Å². The predicted octanol–water partition coefficient (Wildman–Crippen LogP) is 8.03. The Hall–Kier alpha value is -6.25. The van der Waals surface area contributed by atoms with Crippen molar-refractivity contribution in [2.45, 2.75) is 116 Å². The van der Waals surface area contributed by atoms with Gasteiger partial charge in [0.2, 0.25) is 17.7 Å². The molecule has 4 atom stereocenters. The van der Waals surface area contributed by atoms with E-state index in [0.29, 0.717) is 61.5 Å². The molecule has 14 heteroatoms. The quantitative estimate of drug-likeness (QED) is 0.143. The third kappa shape index (κ3) is 9.48. The molecule has 2 aromatic carbocycles. The number of benzene rings is 2. The van der Waals surface area contributed by atoms with Crippen molar-refractivity contribution in [1.82, 2.24) is 29.6 Å². The van der Waals surface area contributed by atoms with Gasteiger partial charge in [-0.25, -0.2) is 4.39 Å². The molecule has 3 fully saturated rings. The number of rotatable bonds is 11. The van der Waals surface area contributed by atoms with E-state index < -0.39 is 17.4 Å². The van der Waals surface area contributed by atoms with E-state index >= 15 is 4.39 Å². The van der Waals surface area contributed by atoms with Gasteiger partial charge in [-0.2, -0.15) is 0 Å². The van der Waals surface area contributed by atoms with E-state index in [1.807, 2.05) is 49.9 Å². The lowest BCUT2D eigenvalue weighted by Crippen LogP contribution is -2.55. The van der Waals surface area contributed by atoms with E-state index in [9.17, 15) is 24.0 Å². The van der Waals surface area contributed by atoms with Crippen LogP contribution in [0, 0.1) is 24.6 Å². The first-order valence-corrected chi connectivity index (χ1v) is 26.2. The summed E-state index contributed by atoms with van der Waals surface area (Å²) in [6.07, 6.45) is 15.2. The summed E-state index contributed by atoms with van der Waals surface area (Å²) in [7, 11) is 1.80. The zero-order valence-corrected chi connectivity index (χ0v) is 42.7. The molecule has 3 unspecified atom stereocenters. The van der Waals surface area contributed by atoms with Gasteiger partial charge in [-0.3, -0.25) is 48.6 Å². The summed E-state index contributed by atoms with van der Waals surface area (Å²) in [5.41, 5.74) is 9.61. The fraction of sp³-hybridized carbons (Fsp3) is 0.483. The number of imide groups is 1. The topological polar surface area (TPSA) is 140 Å². The fourth-order valence-electron chi connectivity index (χ4n) is 12.7.